The lowest BCUT2D eigenvalue weighted by atomic mass is 9.85. The molecule has 0 aromatic rings. The Morgan fingerprint density at radius 3 is 2.38 bits per heavy atom. The van der Waals surface area contributed by atoms with Crippen molar-refractivity contribution in [1.29, 1.82) is 0 Å². The van der Waals surface area contributed by atoms with E-state index in [4.69, 9.17) is 4.43 Å². The van der Waals surface area contributed by atoms with E-state index in [1.54, 1.807) is 0 Å². The standard InChI is InChI=1S/C14H26OSi/c1-5-12-16(3,4)15-14(6-2)13-10-8-7-9-11-13/h5-6,13-14H,1-2,7-12H2,3-4H3/t14-/m0/s1. The Morgan fingerprint density at radius 2 is 1.88 bits per heavy atom. The highest BCUT2D eigenvalue weighted by atomic mass is 28.4. The largest absolute Gasteiger partial charge is 0.411 e. The topological polar surface area (TPSA) is 9.23 Å². The molecule has 0 bridgehead atoms. The van der Waals surface area contributed by atoms with Gasteiger partial charge >= 0.3 is 0 Å². The molecule has 1 saturated carbocycles. The average molecular weight is 238 g/mol. The third kappa shape index (κ3) is 4.26. The second-order valence-electron chi connectivity index (χ2n) is 5.47. The van der Waals surface area contributed by atoms with Gasteiger partial charge in [0.2, 0.25) is 0 Å². The molecule has 1 fully saturated rings. The zero-order valence-corrected chi connectivity index (χ0v) is 11.9. The van der Waals surface area contributed by atoms with Crippen molar-refractivity contribution in [3.05, 3.63) is 25.3 Å². The van der Waals surface area contributed by atoms with Gasteiger partial charge in [0.15, 0.2) is 8.32 Å². The van der Waals surface area contributed by atoms with E-state index in [1.807, 2.05) is 12.2 Å². The van der Waals surface area contributed by atoms with Gasteiger partial charge < -0.3 is 4.43 Å². The molecule has 0 aliphatic heterocycles. The SMILES string of the molecule is C=CC[Si](C)(C)O[C@@H](C=C)C1CCCCC1. The molecule has 0 spiro atoms. The van der Waals surface area contributed by atoms with E-state index >= 15 is 0 Å². The molecular weight excluding hydrogens is 212 g/mol. The van der Waals surface area contributed by atoms with E-state index in [1.165, 1.54) is 32.1 Å². The fourth-order valence-electron chi connectivity index (χ4n) is 2.56. The quantitative estimate of drug-likeness (QED) is 0.488. The van der Waals surface area contributed by atoms with Crippen molar-refractivity contribution in [2.24, 2.45) is 5.92 Å². The minimum Gasteiger partial charge on any atom is -0.411 e. The van der Waals surface area contributed by atoms with Crippen LogP contribution < -0.4 is 0 Å². The molecule has 0 aromatic heterocycles. The van der Waals surface area contributed by atoms with Crippen LogP contribution in [0.5, 0.6) is 0 Å². The molecule has 16 heavy (non-hydrogen) atoms. The van der Waals surface area contributed by atoms with Crippen LogP contribution in [0.3, 0.4) is 0 Å². The maximum absolute atomic E-state index is 6.32. The number of allylic oxidation sites excluding steroid dienone is 1. The lowest BCUT2D eigenvalue weighted by molar-refractivity contribution is 0.140. The highest BCUT2D eigenvalue weighted by molar-refractivity contribution is 6.71. The first kappa shape index (κ1) is 13.7. The van der Waals surface area contributed by atoms with Gasteiger partial charge in [-0.05, 0) is 37.9 Å². The number of rotatable bonds is 6. The second kappa shape index (κ2) is 6.41. The van der Waals surface area contributed by atoms with Gasteiger partial charge in [-0.2, -0.15) is 0 Å². The fraction of sp³-hybridized carbons (Fsp3) is 0.714. The molecule has 0 aromatic carbocycles. The smallest absolute Gasteiger partial charge is 0.191 e. The van der Waals surface area contributed by atoms with Crippen LogP contribution >= 0.6 is 0 Å². The summed E-state index contributed by atoms with van der Waals surface area (Å²) < 4.78 is 6.32. The summed E-state index contributed by atoms with van der Waals surface area (Å²) in [7, 11) is -1.56. The van der Waals surface area contributed by atoms with Crippen molar-refractivity contribution in [2.45, 2.75) is 57.3 Å². The molecule has 92 valence electrons. The summed E-state index contributed by atoms with van der Waals surface area (Å²) in [5, 5.41) is 0. The van der Waals surface area contributed by atoms with Gasteiger partial charge in [-0.15, -0.1) is 13.2 Å². The molecule has 1 nitrogen and oxygen atoms in total. The molecule has 2 heteroatoms. The zero-order chi connectivity index (χ0) is 12.0. The molecule has 1 rings (SSSR count). The Hall–Kier alpha value is -0.343. The normalized spacial score (nSPS) is 20.4. The van der Waals surface area contributed by atoms with Crippen molar-refractivity contribution in [3.8, 4) is 0 Å². The highest BCUT2D eigenvalue weighted by Gasteiger charge is 2.29. The van der Waals surface area contributed by atoms with Gasteiger partial charge in [0.05, 0.1) is 6.10 Å². The monoisotopic (exact) mass is 238 g/mol. The lowest BCUT2D eigenvalue weighted by Gasteiger charge is -2.34. The number of hydrogen-bond acceptors (Lipinski definition) is 1. The minimum absolute atomic E-state index is 0.280. The molecule has 0 unspecified atom stereocenters. The van der Waals surface area contributed by atoms with Gasteiger partial charge in [0.25, 0.3) is 0 Å². The minimum atomic E-state index is -1.56. The van der Waals surface area contributed by atoms with E-state index in [2.05, 4.69) is 26.3 Å². The fourth-order valence-corrected chi connectivity index (χ4v) is 4.38. The van der Waals surface area contributed by atoms with Gasteiger partial charge in [0, 0.05) is 0 Å². The summed E-state index contributed by atoms with van der Waals surface area (Å²) in [6.45, 7) is 12.3. The Morgan fingerprint density at radius 1 is 1.25 bits per heavy atom. The molecule has 0 radical (unpaired) electrons. The highest BCUT2D eigenvalue weighted by Crippen LogP contribution is 2.30. The van der Waals surface area contributed by atoms with Gasteiger partial charge in [-0.3, -0.25) is 0 Å². The van der Waals surface area contributed by atoms with Crippen LogP contribution in [0, 0.1) is 5.92 Å². The Bertz CT molecular complexity index is 229. The van der Waals surface area contributed by atoms with Crippen LogP contribution in [0.2, 0.25) is 19.1 Å². The summed E-state index contributed by atoms with van der Waals surface area (Å²) in [4.78, 5) is 0. The van der Waals surface area contributed by atoms with Crippen LogP contribution in [-0.4, -0.2) is 14.4 Å². The lowest BCUT2D eigenvalue weighted by Crippen LogP contribution is -2.38. The molecule has 1 aliphatic rings. The van der Waals surface area contributed by atoms with Gasteiger partial charge in [0.1, 0.15) is 0 Å². The second-order valence-corrected chi connectivity index (χ2v) is 9.63. The Kier molecular flexibility index (Phi) is 5.49. The van der Waals surface area contributed by atoms with E-state index < -0.39 is 8.32 Å². The maximum Gasteiger partial charge on any atom is 0.191 e. The van der Waals surface area contributed by atoms with Crippen LogP contribution in [0.1, 0.15) is 32.1 Å². The average Bonchev–Trinajstić information content (AvgIpc) is 2.27. The summed E-state index contributed by atoms with van der Waals surface area (Å²) >= 11 is 0. The third-order valence-corrected chi connectivity index (χ3v) is 5.62. The molecular formula is C14H26OSi. The van der Waals surface area contributed by atoms with Gasteiger partial charge in [-0.1, -0.05) is 31.4 Å². The van der Waals surface area contributed by atoms with Crippen LogP contribution in [0.15, 0.2) is 25.3 Å². The Balaban J connectivity index is 2.52. The van der Waals surface area contributed by atoms with Crippen molar-refractivity contribution in [3.63, 3.8) is 0 Å². The first-order chi connectivity index (χ1) is 7.59. The van der Waals surface area contributed by atoms with Crippen molar-refractivity contribution < 1.29 is 4.43 Å². The van der Waals surface area contributed by atoms with Crippen molar-refractivity contribution >= 4 is 8.32 Å². The van der Waals surface area contributed by atoms with Crippen LogP contribution in [-0.2, 0) is 4.43 Å². The third-order valence-electron chi connectivity index (χ3n) is 3.44. The van der Waals surface area contributed by atoms with E-state index in [0.29, 0.717) is 5.92 Å². The summed E-state index contributed by atoms with van der Waals surface area (Å²) in [6.07, 6.45) is 11.0. The molecule has 0 N–H and O–H groups in total. The maximum atomic E-state index is 6.32. The first-order valence-electron chi connectivity index (χ1n) is 6.50. The number of hydrogen-bond donors (Lipinski definition) is 0. The zero-order valence-electron chi connectivity index (χ0n) is 10.9. The van der Waals surface area contributed by atoms with E-state index in [0.717, 1.165) is 6.04 Å². The van der Waals surface area contributed by atoms with Crippen molar-refractivity contribution in [1.82, 2.24) is 0 Å². The molecule has 1 aliphatic carbocycles. The van der Waals surface area contributed by atoms with E-state index in [9.17, 15) is 0 Å². The molecule has 0 saturated heterocycles. The first-order valence-corrected chi connectivity index (χ1v) is 9.62. The van der Waals surface area contributed by atoms with Crippen molar-refractivity contribution in [2.75, 3.05) is 0 Å². The summed E-state index contributed by atoms with van der Waals surface area (Å²) in [6, 6.07) is 1.03. The van der Waals surface area contributed by atoms with Gasteiger partial charge in [-0.25, -0.2) is 0 Å². The molecule has 1 atom stereocenters. The predicted molar refractivity (Wildman–Crippen MR) is 74.1 cm³/mol. The van der Waals surface area contributed by atoms with E-state index in [-0.39, 0.29) is 6.10 Å². The summed E-state index contributed by atoms with van der Waals surface area (Å²) in [5.41, 5.74) is 0. The summed E-state index contributed by atoms with van der Waals surface area (Å²) in [5.74, 6) is 0.711. The molecule has 0 amide bonds. The Labute approximate surface area is 102 Å². The van der Waals surface area contributed by atoms with Crippen LogP contribution in [0.4, 0.5) is 0 Å². The predicted octanol–water partition coefficient (Wildman–Crippen LogP) is 4.53. The molecule has 0 heterocycles. The van der Waals surface area contributed by atoms with Crippen LogP contribution in [0.25, 0.3) is 0 Å².